The lowest BCUT2D eigenvalue weighted by Crippen LogP contribution is -2.13. The molecular formula is C15H23BO3. The van der Waals surface area contributed by atoms with Crippen LogP contribution in [-0.4, -0.2) is 23.3 Å². The maximum Gasteiger partial charge on any atom is 0.480 e. The molecule has 1 atom stereocenters. The summed E-state index contributed by atoms with van der Waals surface area (Å²) in [6.07, 6.45) is 6.00. The Balaban J connectivity index is 2.43. The second-order valence-corrected chi connectivity index (χ2v) is 4.63. The summed E-state index contributed by atoms with van der Waals surface area (Å²) in [4.78, 5) is 0. The summed E-state index contributed by atoms with van der Waals surface area (Å²) in [6, 6.07) is 9.99. The molecule has 0 aliphatic carbocycles. The number of hydrogen-bond donors (Lipinski definition) is 2. The minimum Gasteiger partial charge on any atom is -0.424 e. The van der Waals surface area contributed by atoms with Gasteiger partial charge < -0.3 is 14.8 Å². The van der Waals surface area contributed by atoms with Crippen molar-refractivity contribution in [3.8, 4) is 0 Å². The number of unbranched alkanes of at least 4 members (excludes halogenated alkanes) is 2. The van der Waals surface area contributed by atoms with Crippen LogP contribution in [0.25, 0.3) is 0 Å². The first-order chi connectivity index (χ1) is 9.22. The van der Waals surface area contributed by atoms with Gasteiger partial charge in [0.25, 0.3) is 0 Å². The number of rotatable bonds is 9. The standard InChI is InChI=1S/C15H23BO3/c1-2-3-5-10-15(11-12-16(17)18)19-13-14-8-6-4-7-9-14/h4,6-9,11-12,15,17-18H,2-3,5,10,13H2,1H3. The Morgan fingerprint density at radius 2 is 1.95 bits per heavy atom. The Morgan fingerprint density at radius 1 is 1.21 bits per heavy atom. The molecule has 19 heavy (non-hydrogen) atoms. The lowest BCUT2D eigenvalue weighted by Gasteiger charge is -2.14. The van der Waals surface area contributed by atoms with E-state index in [2.05, 4.69) is 6.92 Å². The Bertz CT molecular complexity index is 352. The fourth-order valence-corrected chi connectivity index (χ4v) is 1.83. The van der Waals surface area contributed by atoms with Gasteiger partial charge in [0.15, 0.2) is 0 Å². The van der Waals surface area contributed by atoms with E-state index in [1.165, 1.54) is 12.4 Å². The molecule has 1 aromatic rings. The Morgan fingerprint density at radius 3 is 2.58 bits per heavy atom. The Labute approximate surface area is 116 Å². The lowest BCUT2D eigenvalue weighted by atomic mass is 9.90. The van der Waals surface area contributed by atoms with Gasteiger partial charge in [-0.1, -0.05) is 68.6 Å². The van der Waals surface area contributed by atoms with Gasteiger partial charge in [-0.25, -0.2) is 0 Å². The van der Waals surface area contributed by atoms with Crippen LogP contribution in [0.3, 0.4) is 0 Å². The summed E-state index contributed by atoms with van der Waals surface area (Å²) in [7, 11) is -1.41. The first-order valence-electron chi connectivity index (χ1n) is 6.92. The highest BCUT2D eigenvalue weighted by molar-refractivity contribution is 6.47. The van der Waals surface area contributed by atoms with Crippen molar-refractivity contribution in [1.29, 1.82) is 0 Å². The van der Waals surface area contributed by atoms with Crippen molar-refractivity contribution in [3.05, 3.63) is 47.9 Å². The molecule has 0 amide bonds. The zero-order valence-corrected chi connectivity index (χ0v) is 11.5. The van der Waals surface area contributed by atoms with Gasteiger partial charge in [-0.05, 0) is 12.0 Å². The van der Waals surface area contributed by atoms with Crippen molar-refractivity contribution >= 4 is 7.12 Å². The van der Waals surface area contributed by atoms with Crippen LogP contribution in [-0.2, 0) is 11.3 Å². The molecular weight excluding hydrogens is 239 g/mol. The van der Waals surface area contributed by atoms with Gasteiger partial charge in [-0.15, -0.1) is 0 Å². The minimum atomic E-state index is -1.41. The van der Waals surface area contributed by atoms with E-state index in [1.807, 2.05) is 30.3 Å². The summed E-state index contributed by atoms with van der Waals surface area (Å²) >= 11 is 0. The van der Waals surface area contributed by atoms with E-state index in [1.54, 1.807) is 6.08 Å². The van der Waals surface area contributed by atoms with Crippen molar-refractivity contribution in [2.24, 2.45) is 0 Å². The van der Waals surface area contributed by atoms with Gasteiger partial charge >= 0.3 is 7.12 Å². The molecule has 0 heterocycles. The number of benzene rings is 1. The van der Waals surface area contributed by atoms with E-state index in [-0.39, 0.29) is 6.10 Å². The molecule has 0 saturated carbocycles. The summed E-state index contributed by atoms with van der Waals surface area (Å²) in [6.45, 7) is 2.71. The van der Waals surface area contributed by atoms with Crippen LogP contribution >= 0.6 is 0 Å². The summed E-state index contributed by atoms with van der Waals surface area (Å²) in [5.41, 5.74) is 1.13. The largest absolute Gasteiger partial charge is 0.480 e. The average Bonchev–Trinajstić information content (AvgIpc) is 2.42. The molecule has 1 aromatic carbocycles. The van der Waals surface area contributed by atoms with Crippen molar-refractivity contribution in [1.82, 2.24) is 0 Å². The first kappa shape index (κ1) is 16.0. The van der Waals surface area contributed by atoms with E-state index >= 15 is 0 Å². The molecule has 1 rings (SSSR count). The first-order valence-corrected chi connectivity index (χ1v) is 6.92. The highest BCUT2D eigenvalue weighted by Crippen LogP contribution is 2.11. The van der Waals surface area contributed by atoms with Gasteiger partial charge in [0.2, 0.25) is 0 Å². The SMILES string of the molecule is CCCCCC(C=CB(O)O)OCc1ccccc1. The van der Waals surface area contributed by atoms with Crippen LogP contribution in [0.2, 0.25) is 0 Å². The summed E-state index contributed by atoms with van der Waals surface area (Å²) in [5, 5.41) is 17.7. The van der Waals surface area contributed by atoms with E-state index in [4.69, 9.17) is 14.8 Å². The molecule has 0 bridgehead atoms. The molecule has 0 aliphatic rings. The predicted octanol–water partition coefficient (Wildman–Crippen LogP) is 2.72. The molecule has 4 heteroatoms. The Hall–Kier alpha value is -1.10. The zero-order valence-electron chi connectivity index (χ0n) is 11.5. The van der Waals surface area contributed by atoms with Gasteiger partial charge in [0.05, 0.1) is 12.7 Å². The molecule has 104 valence electrons. The predicted molar refractivity (Wildman–Crippen MR) is 78.5 cm³/mol. The monoisotopic (exact) mass is 262 g/mol. The molecule has 0 spiro atoms. The van der Waals surface area contributed by atoms with Crippen LogP contribution in [0.4, 0.5) is 0 Å². The van der Waals surface area contributed by atoms with Crippen LogP contribution < -0.4 is 0 Å². The fraction of sp³-hybridized carbons (Fsp3) is 0.467. The van der Waals surface area contributed by atoms with Gasteiger partial charge in [-0.2, -0.15) is 0 Å². The highest BCUT2D eigenvalue weighted by Gasteiger charge is 2.07. The molecule has 0 fully saturated rings. The van der Waals surface area contributed by atoms with Gasteiger partial charge in [0.1, 0.15) is 0 Å². The second kappa shape index (κ2) is 9.79. The van der Waals surface area contributed by atoms with Crippen molar-refractivity contribution in [2.75, 3.05) is 0 Å². The zero-order chi connectivity index (χ0) is 13.9. The third kappa shape index (κ3) is 7.83. The van der Waals surface area contributed by atoms with Crippen LogP contribution in [0.5, 0.6) is 0 Å². The molecule has 0 aromatic heterocycles. The minimum absolute atomic E-state index is 0.0615. The number of hydrogen-bond acceptors (Lipinski definition) is 3. The summed E-state index contributed by atoms with van der Waals surface area (Å²) < 4.78 is 5.82. The number of ether oxygens (including phenoxy) is 1. The Kier molecular flexibility index (Phi) is 8.22. The van der Waals surface area contributed by atoms with Gasteiger partial charge in [0, 0.05) is 0 Å². The molecule has 0 aliphatic heterocycles. The van der Waals surface area contributed by atoms with Crippen molar-refractivity contribution < 1.29 is 14.8 Å². The summed E-state index contributed by atoms with van der Waals surface area (Å²) in [5.74, 6) is 1.36. The molecule has 0 saturated heterocycles. The van der Waals surface area contributed by atoms with Crippen molar-refractivity contribution in [3.63, 3.8) is 0 Å². The van der Waals surface area contributed by atoms with Crippen molar-refractivity contribution in [2.45, 2.75) is 45.3 Å². The van der Waals surface area contributed by atoms with Crippen LogP contribution in [0.15, 0.2) is 42.4 Å². The van der Waals surface area contributed by atoms with E-state index < -0.39 is 7.12 Å². The third-order valence-corrected chi connectivity index (χ3v) is 2.90. The lowest BCUT2D eigenvalue weighted by molar-refractivity contribution is 0.0648. The topological polar surface area (TPSA) is 49.7 Å². The molecule has 3 nitrogen and oxygen atoms in total. The second-order valence-electron chi connectivity index (χ2n) is 4.63. The molecule has 2 N–H and O–H groups in total. The third-order valence-electron chi connectivity index (χ3n) is 2.90. The maximum absolute atomic E-state index is 8.87. The van der Waals surface area contributed by atoms with E-state index in [0.717, 1.165) is 24.8 Å². The molecule has 1 unspecified atom stereocenters. The average molecular weight is 262 g/mol. The van der Waals surface area contributed by atoms with Gasteiger partial charge in [-0.3, -0.25) is 0 Å². The fourth-order valence-electron chi connectivity index (χ4n) is 1.83. The maximum atomic E-state index is 8.87. The normalized spacial score (nSPS) is 12.8. The quantitative estimate of drug-likeness (QED) is 0.531. The highest BCUT2D eigenvalue weighted by atomic mass is 16.5. The van der Waals surface area contributed by atoms with E-state index in [9.17, 15) is 0 Å². The van der Waals surface area contributed by atoms with E-state index in [0.29, 0.717) is 6.61 Å². The molecule has 0 radical (unpaired) electrons. The van der Waals surface area contributed by atoms with Crippen LogP contribution in [0.1, 0.15) is 38.2 Å². The van der Waals surface area contributed by atoms with Crippen LogP contribution in [0, 0.1) is 0 Å². The smallest absolute Gasteiger partial charge is 0.424 e.